The number of nitrogen functional groups attached to an aromatic ring is 1. The maximum Gasteiger partial charge on any atom is 0.394 e. The Kier molecular flexibility index (Phi) is 5.50. The molecule has 0 bridgehead atoms. The Labute approximate surface area is 179 Å². The van der Waals surface area contributed by atoms with Crippen LogP contribution in [0.5, 0.6) is 0 Å². The van der Waals surface area contributed by atoms with E-state index in [0.29, 0.717) is 24.9 Å². The predicted molar refractivity (Wildman–Crippen MR) is 109 cm³/mol. The van der Waals surface area contributed by atoms with Crippen LogP contribution in [0.3, 0.4) is 0 Å². The van der Waals surface area contributed by atoms with Crippen molar-refractivity contribution >= 4 is 29.0 Å². The third kappa shape index (κ3) is 4.16. The molecule has 3 heterocycles. The molecular formula is C20H21F3N4O3S. The fourth-order valence-corrected chi connectivity index (χ4v) is 4.58. The summed E-state index contributed by atoms with van der Waals surface area (Å²) in [6.07, 6.45) is -0.267. The zero-order chi connectivity index (χ0) is 22.4. The van der Waals surface area contributed by atoms with Crippen LogP contribution in [0.15, 0.2) is 17.1 Å². The van der Waals surface area contributed by atoms with E-state index < -0.39 is 17.7 Å². The maximum absolute atomic E-state index is 13.3. The van der Waals surface area contributed by atoms with Crippen LogP contribution in [-0.4, -0.2) is 33.6 Å². The van der Waals surface area contributed by atoms with E-state index in [1.54, 1.807) is 19.3 Å². The van der Waals surface area contributed by atoms with E-state index in [0.717, 1.165) is 16.2 Å². The van der Waals surface area contributed by atoms with Crippen molar-refractivity contribution in [2.75, 3.05) is 12.3 Å². The average Bonchev–Trinajstić information content (AvgIpc) is 3.46. The fraction of sp³-hybridized carbons (Fsp3) is 0.500. The maximum atomic E-state index is 13.3. The first-order valence-electron chi connectivity index (χ1n) is 9.81. The molecule has 0 saturated heterocycles. The number of ether oxygens (including phenoxy) is 1. The molecule has 2 aliphatic rings. The minimum Gasteiger partial charge on any atom is -0.383 e. The second kappa shape index (κ2) is 7.86. The van der Waals surface area contributed by atoms with Crippen LogP contribution in [0.1, 0.15) is 58.5 Å². The highest BCUT2D eigenvalue weighted by Crippen LogP contribution is 2.60. The highest BCUT2D eigenvalue weighted by molar-refractivity contribution is 7.09. The predicted octanol–water partition coefficient (Wildman–Crippen LogP) is 3.45. The van der Waals surface area contributed by atoms with Gasteiger partial charge in [-0.25, -0.2) is 9.97 Å². The Balaban J connectivity index is 1.64. The number of aromatic nitrogens is 3. The van der Waals surface area contributed by atoms with Gasteiger partial charge in [-0.05, 0) is 43.8 Å². The van der Waals surface area contributed by atoms with Crippen molar-refractivity contribution in [2.45, 2.75) is 44.4 Å². The van der Waals surface area contributed by atoms with Gasteiger partial charge in [-0.15, -0.1) is 0 Å². The summed E-state index contributed by atoms with van der Waals surface area (Å²) in [5, 5.41) is 0. The lowest BCUT2D eigenvalue weighted by Crippen LogP contribution is -2.25. The molecule has 1 aliphatic carbocycles. The Bertz CT molecular complexity index is 1100. The number of anilines is 1. The molecule has 0 radical (unpaired) electrons. The second-order valence-electron chi connectivity index (χ2n) is 7.93. The smallest absolute Gasteiger partial charge is 0.383 e. The average molecular weight is 454 g/mol. The standard InChI is InChI=1S/C20H21F3N4O3S/c1-27-9-15(31-18(27)29)14-8-11(3-7-30-14)17-25-13(12(10-28)16(24)26-17)2-4-19(5-6-19)20(21,22)23/h8-10,14H,2-7H2,1H3,(H2,24,25,26). The molecule has 2 aromatic heterocycles. The number of thiazole rings is 1. The van der Waals surface area contributed by atoms with Gasteiger partial charge < -0.3 is 15.0 Å². The second-order valence-corrected chi connectivity index (χ2v) is 8.96. The summed E-state index contributed by atoms with van der Waals surface area (Å²) in [5.74, 6) is 0.215. The number of nitrogens with zero attached hydrogens (tertiary/aromatic N) is 3. The molecule has 0 aromatic carbocycles. The quantitative estimate of drug-likeness (QED) is 0.671. The molecule has 1 atom stereocenters. The Morgan fingerprint density at radius 2 is 2.13 bits per heavy atom. The van der Waals surface area contributed by atoms with Gasteiger partial charge in [0.05, 0.1) is 28.2 Å². The summed E-state index contributed by atoms with van der Waals surface area (Å²) < 4.78 is 47.1. The van der Waals surface area contributed by atoms with E-state index in [2.05, 4.69) is 9.97 Å². The number of halogens is 3. The highest BCUT2D eigenvalue weighted by atomic mass is 32.1. The van der Waals surface area contributed by atoms with Crippen LogP contribution in [-0.2, 0) is 18.2 Å². The molecule has 1 saturated carbocycles. The van der Waals surface area contributed by atoms with E-state index in [1.807, 2.05) is 0 Å². The van der Waals surface area contributed by atoms with Crippen LogP contribution in [0, 0.1) is 5.41 Å². The van der Waals surface area contributed by atoms with E-state index in [9.17, 15) is 22.8 Å². The monoisotopic (exact) mass is 454 g/mol. The first kappa shape index (κ1) is 21.7. The summed E-state index contributed by atoms with van der Waals surface area (Å²) in [5.41, 5.74) is 5.22. The molecule has 0 spiro atoms. The first-order valence-corrected chi connectivity index (χ1v) is 10.6. The van der Waals surface area contributed by atoms with Gasteiger partial charge in [0.1, 0.15) is 11.9 Å². The van der Waals surface area contributed by atoms with Crippen molar-refractivity contribution in [3.63, 3.8) is 0 Å². The number of nitrogens with two attached hydrogens (primary N) is 1. The third-order valence-corrected chi connectivity index (χ3v) is 6.91. The lowest BCUT2D eigenvalue weighted by atomic mass is 9.96. The minimum absolute atomic E-state index is 0.0131. The first-order chi connectivity index (χ1) is 14.6. The molecule has 0 amide bonds. The molecular weight excluding hydrogens is 433 g/mol. The van der Waals surface area contributed by atoms with Gasteiger partial charge in [-0.1, -0.05) is 11.3 Å². The van der Waals surface area contributed by atoms with Crippen molar-refractivity contribution in [1.29, 1.82) is 0 Å². The summed E-state index contributed by atoms with van der Waals surface area (Å²) in [6, 6.07) is 0. The van der Waals surface area contributed by atoms with Crippen molar-refractivity contribution in [3.05, 3.63) is 43.9 Å². The summed E-state index contributed by atoms with van der Waals surface area (Å²) in [6.45, 7) is 0.359. The molecule has 1 aliphatic heterocycles. The highest BCUT2D eigenvalue weighted by Gasteiger charge is 2.62. The summed E-state index contributed by atoms with van der Waals surface area (Å²) in [7, 11) is 1.65. The molecule has 2 N–H and O–H groups in total. The number of carbonyl (C=O) groups is 1. The van der Waals surface area contributed by atoms with Crippen molar-refractivity contribution in [1.82, 2.24) is 14.5 Å². The van der Waals surface area contributed by atoms with E-state index >= 15 is 0 Å². The van der Waals surface area contributed by atoms with Crippen LogP contribution in [0.2, 0.25) is 0 Å². The van der Waals surface area contributed by atoms with Crippen LogP contribution in [0.25, 0.3) is 5.57 Å². The fourth-order valence-electron chi connectivity index (χ4n) is 3.72. The SMILES string of the molecule is Cn1cc(C2C=C(c3nc(N)c(C=O)c(CCC4(C(F)(F)F)CC4)n3)CCO2)sc1=O. The Morgan fingerprint density at radius 1 is 1.39 bits per heavy atom. The molecule has 31 heavy (non-hydrogen) atoms. The zero-order valence-electron chi connectivity index (χ0n) is 16.7. The van der Waals surface area contributed by atoms with Crippen molar-refractivity contribution in [3.8, 4) is 0 Å². The lowest BCUT2D eigenvalue weighted by molar-refractivity contribution is -0.188. The Hall–Kier alpha value is -2.53. The largest absolute Gasteiger partial charge is 0.394 e. The topological polar surface area (TPSA) is 100 Å². The van der Waals surface area contributed by atoms with Gasteiger partial charge in [0.2, 0.25) is 0 Å². The van der Waals surface area contributed by atoms with E-state index in [1.165, 1.54) is 4.57 Å². The molecule has 4 rings (SSSR count). The van der Waals surface area contributed by atoms with E-state index in [-0.39, 0.29) is 53.5 Å². The molecule has 1 unspecified atom stereocenters. The van der Waals surface area contributed by atoms with Gasteiger partial charge >= 0.3 is 11.0 Å². The number of rotatable bonds is 6. The van der Waals surface area contributed by atoms with Crippen LogP contribution < -0.4 is 10.6 Å². The minimum atomic E-state index is -4.27. The number of aryl methyl sites for hydroxylation is 2. The number of alkyl halides is 3. The van der Waals surface area contributed by atoms with Gasteiger partial charge in [0.15, 0.2) is 12.1 Å². The molecule has 7 nitrogen and oxygen atoms in total. The number of hydrogen-bond donors (Lipinski definition) is 1. The molecule has 2 aromatic rings. The van der Waals surface area contributed by atoms with Gasteiger partial charge in [0.25, 0.3) is 0 Å². The Morgan fingerprint density at radius 3 is 2.71 bits per heavy atom. The number of hydrogen-bond acceptors (Lipinski definition) is 7. The van der Waals surface area contributed by atoms with E-state index in [4.69, 9.17) is 10.5 Å². The normalized spacial score (nSPS) is 20.4. The molecule has 166 valence electrons. The van der Waals surface area contributed by atoms with Gasteiger partial charge in [-0.3, -0.25) is 9.59 Å². The van der Waals surface area contributed by atoms with Crippen molar-refractivity contribution in [2.24, 2.45) is 12.5 Å². The lowest BCUT2D eigenvalue weighted by Gasteiger charge is -2.22. The molecule has 1 fully saturated rings. The van der Waals surface area contributed by atoms with Crippen LogP contribution >= 0.6 is 11.3 Å². The van der Waals surface area contributed by atoms with Crippen molar-refractivity contribution < 1.29 is 22.7 Å². The summed E-state index contributed by atoms with van der Waals surface area (Å²) in [4.78, 5) is 32.5. The molecule has 11 heteroatoms. The third-order valence-electron chi connectivity index (χ3n) is 5.87. The number of carbonyl (C=O) groups excluding carboxylic acids is 1. The van der Waals surface area contributed by atoms with Gasteiger partial charge in [0, 0.05) is 13.2 Å². The van der Waals surface area contributed by atoms with Gasteiger partial charge in [-0.2, -0.15) is 13.2 Å². The zero-order valence-corrected chi connectivity index (χ0v) is 17.6. The summed E-state index contributed by atoms with van der Waals surface area (Å²) >= 11 is 1.07. The number of aldehydes is 1. The van der Waals surface area contributed by atoms with Crippen LogP contribution in [0.4, 0.5) is 19.0 Å².